The van der Waals surface area contributed by atoms with Crippen LogP contribution in [0.3, 0.4) is 0 Å². The predicted octanol–water partition coefficient (Wildman–Crippen LogP) is 4.27. The van der Waals surface area contributed by atoms with Gasteiger partial charge in [-0.25, -0.2) is 0 Å². The molecule has 0 heterocycles. The van der Waals surface area contributed by atoms with Gasteiger partial charge in [0.15, 0.2) is 0 Å². The molecule has 2 nitrogen and oxygen atoms in total. The molecule has 0 aromatic heterocycles. The van der Waals surface area contributed by atoms with Crippen LogP contribution in [0.4, 0.5) is 0 Å². The van der Waals surface area contributed by atoms with Crippen LogP contribution in [0.25, 0.3) is 0 Å². The molecule has 1 aromatic carbocycles. The Bertz CT molecular complexity index is 323. The first-order chi connectivity index (χ1) is 8.19. The van der Waals surface area contributed by atoms with Gasteiger partial charge in [-0.3, -0.25) is 0 Å². The molecular formula is C13H22Cl4N2. The van der Waals surface area contributed by atoms with Gasteiger partial charge in [0, 0.05) is 35.2 Å². The van der Waals surface area contributed by atoms with E-state index in [1.54, 1.807) is 0 Å². The van der Waals surface area contributed by atoms with E-state index in [0.29, 0.717) is 0 Å². The molecule has 1 rings (SSSR count). The number of nitrogens with zero attached hydrogens (tertiary/aromatic N) is 1. The molecule has 6 heteroatoms. The predicted molar refractivity (Wildman–Crippen MR) is 90.5 cm³/mol. The Morgan fingerprint density at radius 3 is 2.05 bits per heavy atom. The normalized spacial score (nSPS) is 9.95. The van der Waals surface area contributed by atoms with E-state index in [1.807, 2.05) is 18.2 Å². The second kappa shape index (κ2) is 12.1. The van der Waals surface area contributed by atoms with Gasteiger partial charge < -0.3 is 10.2 Å². The van der Waals surface area contributed by atoms with E-state index in [9.17, 15) is 0 Å². The smallest absolute Gasteiger partial charge is 0.0465 e. The quantitative estimate of drug-likeness (QED) is 0.741. The summed E-state index contributed by atoms with van der Waals surface area (Å²) in [6.07, 6.45) is 0. The van der Waals surface area contributed by atoms with Crippen molar-refractivity contribution in [1.82, 2.24) is 10.2 Å². The van der Waals surface area contributed by atoms with E-state index in [0.717, 1.165) is 48.3 Å². The Labute approximate surface area is 138 Å². The molecule has 0 aliphatic heterocycles. The third kappa shape index (κ3) is 7.60. The molecule has 1 aromatic rings. The summed E-state index contributed by atoms with van der Waals surface area (Å²) < 4.78 is 0. The highest BCUT2D eigenvalue weighted by Crippen LogP contribution is 2.23. The first-order valence-corrected chi connectivity index (χ1v) is 6.80. The van der Waals surface area contributed by atoms with E-state index in [1.165, 1.54) is 0 Å². The molecule has 0 fully saturated rings. The minimum atomic E-state index is 0. The number of rotatable bonds is 7. The van der Waals surface area contributed by atoms with Crippen molar-refractivity contribution in [3.05, 3.63) is 33.8 Å². The molecule has 0 aliphatic carbocycles. The van der Waals surface area contributed by atoms with Gasteiger partial charge in [0.05, 0.1) is 0 Å². The summed E-state index contributed by atoms with van der Waals surface area (Å²) in [5.41, 5.74) is 0.982. The Hall–Kier alpha value is 0.300. The molecule has 0 saturated carbocycles. The lowest BCUT2D eigenvalue weighted by Crippen LogP contribution is -2.31. The molecule has 19 heavy (non-hydrogen) atoms. The third-order valence-electron chi connectivity index (χ3n) is 2.86. The summed E-state index contributed by atoms with van der Waals surface area (Å²) in [6, 6.07) is 5.60. The molecule has 0 bridgehead atoms. The van der Waals surface area contributed by atoms with Gasteiger partial charge in [0.2, 0.25) is 0 Å². The Morgan fingerprint density at radius 2 is 1.58 bits per heavy atom. The Balaban J connectivity index is 0. The van der Waals surface area contributed by atoms with Crippen LogP contribution in [0, 0.1) is 0 Å². The van der Waals surface area contributed by atoms with Crippen molar-refractivity contribution in [3.8, 4) is 0 Å². The first kappa shape index (κ1) is 21.6. The minimum Gasteiger partial charge on any atom is -0.311 e. The van der Waals surface area contributed by atoms with Crippen molar-refractivity contribution in [2.24, 2.45) is 0 Å². The van der Waals surface area contributed by atoms with Crippen LogP contribution in [0.15, 0.2) is 18.2 Å². The summed E-state index contributed by atoms with van der Waals surface area (Å²) in [5.74, 6) is 0. The maximum Gasteiger partial charge on any atom is 0.0465 e. The van der Waals surface area contributed by atoms with Gasteiger partial charge in [-0.15, -0.1) is 24.8 Å². The average molecular weight is 348 g/mol. The number of hydrogen-bond acceptors (Lipinski definition) is 2. The van der Waals surface area contributed by atoms with Crippen LogP contribution in [0.5, 0.6) is 0 Å². The summed E-state index contributed by atoms with van der Waals surface area (Å²) in [4.78, 5) is 2.38. The van der Waals surface area contributed by atoms with Crippen molar-refractivity contribution < 1.29 is 0 Å². The molecule has 0 spiro atoms. The lowest BCUT2D eigenvalue weighted by molar-refractivity contribution is 0.302. The number of halogens is 4. The van der Waals surface area contributed by atoms with Crippen LogP contribution in [0.2, 0.25) is 10.0 Å². The van der Waals surface area contributed by atoms with Gasteiger partial charge in [-0.2, -0.15) is 0 Å². The fourth-order valence-corrected chi connectivity index (χ4v) is 2.22. The number of likely N-dealkylation sites (N-methyl/N-ethyl adjacent to an activating group) is 1. The summed E-state index contributed by atoms with van der Waals surface area (Å²) in [5, 5.41) is 4.83. The van der Waals surface area contributed by atoms with Crippen molar-refractivity contribution in [3.63, 3.8) is 0 Å². The van der Waals surface area contributed by atoms with Gasteiger partial charge >= 0.3 is 0 Å². The summed E-state index contributed by atoms with van der Waals surface area (Å²) in [7, 11) is 0. The zero-order valence-corrected chi connectivity index (χ0v) is 14.4. The SMILES string of the molecule is CCN(CC)CCNCc1c(Cl)cccc1Cl.Cl.Cl. The number of hydrogen-bond donors (Lipinski definition) is 1. The second-order valence-electron chi connectivity index (χ2n) is 3.90. The fraction of sp³-hybridized carbons (Fsp3) is 0.538. The van der Waals surface area contributed by atoms with Crippen molar-refractivity contribution >= 4 is 48.0 Å². The second-order valence-corrected chi connectivity index (χ2v) is 4.72. The van der Waals surface area contributed by atoms with Crippen molar-refractivity contribution in [2.45, 2.75) is 20.4 Å². The topological polar surface area (TPSA) is 15.3 Å². The first-order valence-electron chi connectivity index (χ1n) is 6.05. The molecule has 0 atom stereocenters. The maximum absolute atomic E-state index is 6.09. The van der Waals surface area contributed by atoms with Crippen molar-refractivity contribution in [1.29, 1.82) is 0 Å². The summed E-state index contributed by atoms with van der Waals surface area (Å²) >= 11 is 12.2. The monoisotopic (exact) mass is 346 g/mol. The molecule has 0 amide bonds. The number of nitrogens with one attached hydrogen (secondary N) is 1. The Morgan fingerprint density at radius 1 is 1.05 bits per heavy atom. The highest BCUT2D eigenvalue weighted by molar-refractivity contribution is 6.35. The standard InChI is InChI=1S/C13H20Cl2N2.2ClH/c1-3-17(4-2)9-8-16-10-11-12(14)6-5-7-13(11)15;;/h5-7,16H,3-4,8-10H2,1-2H3;2*1H. The molecule has 112 valence electrons. The van der Waals surface area contributed by atoms with Crippen LogP contribution < -0.4 is 5.32 Å². The van der Waals surface area contributed by atoms with E-state index < -0.39 is 0 Å². The van der Waals surface area contributed by atoms with E-state index in [2.05, 4.69) is 24.1 Å². The van der Waals surface area contributed by atoms with Gasteiger partial charge in [-0.05, 0) is 25.2 Å². The van der Waals surface area contributed by atoms with Crippen LogP contribution in [-0.2, 0) is 6.54 Å². The lowest BCUT2D eigenvalue weighted by atomic mass is 10.2. The van der Waals surface area contributed by atoms with E-state index >= 15 is 0 Å². The summed E-state index contributed by atoms with van der Waals surface area (Å²) in [6.45, 7) is 9.25. The highest BCUT2D eigenvalue weighted by Gasteiger charge is 2.04. The van der Waals surface area contributed by atoms with Gasteiger partial charge in [0.1, 0.15) is 0 Å². The third-order valence-corrected chi connectivity index (χ3v) is 3.57. The average Bonchev–Trinajstić information content (AvgIpc) is 2.32. The molecular weight excluding hydrogens is 326 g/mol. The molecule has 1 N–H and O–H groups in total. The van der Waals surface area contributed by atoms with Crippen LogP contribution in [0.1, 0.15) is 19.4 Å². The highest BCUT2D eigenvalue weighted by atomic mass is 35.5. The van der Waals surface area contributed by atoms with Crippen LogP contribution >= 0.6 is 48.0 Å². The van der Waals surface area contributed by atoms with Gasteiger partial charge in [0.25, 0.3) is 0 Å². The van der Waals surface area contributed by atoms with Crippen LogP contribution in [-0.4, -0.2) is 31.1 Å². The van der Waals surface area contributed by atoms with E-state index in [-0.39, 0.29) is 24.8 Å². The van der Waals surface area contributed by atoms with E-state index in [4.69, 9.17) is 23.2 Å². The maximum atomic E-state index is 6.09. The minimum absolute atomic E-state index is 0. The Kier molecular flexibility index (Phi) is 13.7. The molecule has 0 aliphatic rings. The molecule has 0 unspecified atom stereocenters. The number of benzene rings is 1. The molecule has 0 saturated heterocycles. The zero-order chi connectivity index (χ0) is 12.7. The zero-order valence-electron chi connectivity index (χ0n) is 11.3. The largest absolute Gasteiger partial charge is 0.311 e. The van der Waals surface area contributed by atoms with Gasteiger partial charge in [-0.1, -0.05) is 43.1 Å². The van der Waals surface area contributed by atoms with Crippen molar-refractivity contribution in [2.75, 3.05) is 26.2 Å². The molecule has 0 radical (unpaired) electrons. The lowest BCUT2D eigenvalue weighted by Gasteiger charge is -2.18. The fourth-order valence-electron chi connectivity index (χ4n) is 1.69.